The monoisotopic (exact) mass is 268 g/mol. The molecule has 98 valence electrons. The van der Waals surface area contributed by atoms with E-state index in [1.807, 2.05) is 11.8 Å². The van der Waals surface area contributed by atoms with Crippen LogP contribution in [0.25, 0.3) is 0 Å². The van der Waals surface area contributed by atoms with Gasteiger partial charge in [-0.2, -0.15) is 0 Å². The molecule has 0 N–H and O–H groups in total. The Hall–Kier alpha value is -1.29. The lowest BCUT2D eigenvalue weighted by Crippen LogP contribution is -2.46. The quantitative estimate of drug-likeness (QED) is 0.791. The number of pyridine rings is 1. The summed E-state index contributed by atoms with van der Waals surface area (Å²) in [6, 6.07) is 3.32. The Bertz CT molecular complexity index is 425. The summed E-state index contributed by atoms with van der Waals surface area (Å²) in [7, 11) is 0. The fraction of sp³-hybridized carbons (Fsp3) is 0.538. The number of rotatable bonds is 3. The molecule has 0 bridgehead atoms. The highest BCUT2D eigenvalue weighted by Crippen LogP contribution is 2.29. The zero-order valence-corrected chi connectivity index (χ0v) is 11.2. The van der Waals surface area contributed by atoms with Gasteiger partial charge in [0.2, 0.25) is 0 Å². The minimum absolute atomic E-state index is 0.182. The molecule has 1 fully saturated rings. The Morgan fingerprint density at radius 1 is 1.61 bits per heavy atom. The van der Waals surface area contributed by atoms with Crippen LogP contribution in [-0.4, -0.2) is 30.1 Å². The van der Waals surface area contributed by atoms with Crippen molar-refractivity contribution in [1.82, 2.24) is 4.98 Å². The highest BCUT2D eigenvalue weighted by atomic mass is 35.5. The molecular formula is C13H17ClN2O2. The Kier molecular flexibility index (Phi) is 4.42. The Morgan fingerprint density at radius 2 is 2.44 bits per heavy atom. The van der Waals surface area contributed by atoms with Gasteiger partial charge in [0, 0.05) is 12.7 Å². The Balaban J connectivity index is 2.23. The second kappa shape index (κ2) is 6.05. The highest BCUT2D eigenvalue weighted by molar-refractivity contribution is 6.33. The van der Waals surface area contributed by atoms with Gasteiger partial charge in [-0.1, -0.05) is 11.6 Å². The summed E-state index contributed by atoms with van der Waals surface area (Å²) < 4.78 is 5.12. The maximum atomic E-state index is 12.0. The van der Waals surface area contributed by atoms with Crippen LogP contribution in [0, 0.1) is 0 Å². The lowest BCUT2D eigenvalue weighted by Gasteiger charge is -2.35. The zero-order chi connectivity index (χ0) is 13.0. The molecule has 1 aromatic heterocycles. The molecule has 2 rings (SSSR count). The molecule has 1 aliphatic heterocycles. The predicted molar refractivity (Wildman–Crippen MR) is 70.9 cm³/mol. The highest BCUT2D eigenvalue weighted by Gasteiger charge is 2.31. The standard InChI is InChI=1S/C13H17ClN2O2/c1-2-18-13(17)11-7-3-4-9-16(11)12-10(14)6-5-8-15-12/h5-6,8,11H,2-4,7,9H2,1H3. The van der Waals surface area contributed by atoms with Crippen LogP contribution in [0.5, 0.6) is 0 Å². The summed E-state index contributed by atoms with van der Waals surface area (Å²) >= 11 is 6.15. The van der Waals surface area contributed by atoms with E-state index in [4.69, 9.17) is 16.3 Å². The second-order valence-electron chi connectivity index (χ2n) is 4.27. The molecule has 0 aliphatic carbocycles. The van der Waals surface area contributed by atoms with Gasteiger partial charge in [-0.05, 0) is 38.3 Å². The molecule has 1 aliphatic rings. The first-order valence-electron chi connectivity index (χ1n) is 6.28. The molecule has 1 atom stereocenters. The van der Waals surface area contributed by atoms with E-state index in [1.54, 1.807) is 18.3 Å². The van der Waals surface area contributed by atoms with Crippen molar-refractivity contribution in [2.45, 2.75) is 32.2 Å². The first-order chi connectivity index (χ1) is 8.74. The number of esters is 1. The van der Waals surface area contributed by atoms with E-state index in [9.17, 15) is 4.79 Å². The lowest BCUT2D eigenvalue weighted by atomic mass is 10.0. The van der Waals surface area contributed by atoms with Crippen molar-refractivity contribution in [3.63, 3.8) is 0 Å². The van der Waals surface area contributed by atoms with E-state index < -0.39 is 0 Å². The van der Waals surface area contributed by atoms with Crippen LogP contribution >= 0.6 is 11.6 Å². The second-order valence-corrected chi connectivity index (χ2v) is 4.67. The van der Waals surface area contributed by atoms with Crippen LogP contribution < -0.4 is 4.90 Å². The third kappa shape index (κ3) is 2.75. The smallest absolute Gasteiger partial charge is 0.328 e. The molecule has 0 spiro atoms. The van der Waals surface area contributed by atoms with Crippen molar-refractivity contribution in [1.29, 1.82) is 0 Å². The van der Waals surface area contributed by atoms with Gasteiger partial charge < -0.3 is 9.64 Å². The van der Waals surface area contributed by atoms with Gasteiger partial charge in [-0.25, -0.2) is 9.78 Å². The number of ether oxygens (including phenoxy) is 1. The Morgan fingerprint density at radius 3 is 3.17 bits per heavy atom. The molecule has 1 saturated heterocycles. The zero-order valence-electron chi connectivity index (χ0n) is 10.4. The van der Waals surface area contributed by atoms with E-state index in [0.717, 1.165) is 25.8 Å². The first kappa shape index (κ1) is 13.1. The maximum absolute atomic E-state index is 12.0. The molecule has 0 amide bonds. The average molecular weight is 269 g/mol. The third-order valence-electron chi connectivity index (χ3n) is 3.07. The minimum atomic E-state index is -0.258. The summed E-state index contributed by atoms with van der Waals surface area (Å²) in [5, 5.41) is 0.577. The van der Waals surface area contributed by atoms with Crippen LogP contribution in [-0.2, 0) is 9.53 Å². The fourth-order valence-electron chi connectivity index (χ4n) is 2.26. The molecule has 1 unspecified atom stereocenters. The third-order valence-corrected chi connectivity index (χ3v) is 3.37. The van der Waals surface area contributed by atoms with Crippen LogP contribution in [0.2, 0.25) is 5.02 Å². The largest absolute Gasteiger partial charge is 0.464 e. The van der Waals surface area contributed by atoms with E-state index in [0.29, 0.717) is 17.4 Å². The summed E-state index contributed by atoms with van der Waals surface area (Å²) in [6.07, 6.45) is 4.57. The predicted octanol–water partition coefficient (Wildman–Crippen LogP) is 2.66. The number of hydrogen-bond acceptors (Lipinski definition) is 4. The molecule has 2 heterocycles. The van der Waals surface area contributed by atoms with E-state index in [2.05, 4.69) is 4.98 Å². The molecule has 4 nitrogen and oxygen atoms in total. The van der Waals surface area contributed by atoms with Gasteiger partial charge in [0.05, 0.1) is 11.6 Å². The van der Waals surface area contributed by atoms with Crippen molar-refractivity contribution in [2.24, 2.45) is 0 Å². The molecule has 0 aromatic carbocycles. The number of hydrogen-bond donors (Lipinski definition) is 0. The van der Waals surface area contributed by atoms with E-state index >= 15 is 0 Å². The van der Waals surface area contributed by atoms with Crippen molar-refractivity contribution >= 4 is 23.4 Å². The minimum Gasteiger partial charge on any atom is -0.464 e. The van der Waals surface area contributed by atoms with Crippen LogP contribution in [0.15, 0.2) is 18.3 Å². The SMILES string of the molecule is CCOC(=O)C1CCCCN1c1ncccc1Cl. The molecule has 1 aromatic rings. The average Bonchev–Trinajstić information content (AvgIpc) is 2.40. The fourth-order valence-corrected chi connectivity index (χ4v) is 2.49. The summed E-state index contributed by atoms with van der Waals surface area (Å²) in [5.41, 5.74) is 0. The summed E-state index contributed by atoms with van der Waals surface area (Å²) in [6.45, 7) is 3.01. The van der Waals surface area contributed by atoms with Gasteiger partial charge in [0.1, 0.15) is 11.9 Å². The number of halogens is 1. The number of piperidine rings is 1. The van der Waals surface area contributed by atoms with Gasteiger partial charge in [-0.3, -0.25) is 0 Å². The Labute approximate surface area is 112 Å². The van der Waals surface area contributed by atoms with Crippen molar-refractivity contribution in [2.75, 3.05) is 18.1 Å². The van der Waals surface area contributed by atoms with Crippen LogP contribution in [0.1, 0.15) is 26.2 Å². The topological polar surface area (TPSA) is 42.4 Å². The molecule has 0 saturated carbocycles. The number of carbonyl (C=O) groups is 1. The molecule has 18 heavy (non-hydrogen) atoms. The van der Waals surface area contributed by atoms with Crippen molar-refractivity contribution in [3.8, 4) is 0 Å². The van der Waals surface area contributed by atoms with Crippen LogP contribution in [0.3, 0.4) is 0 Å². The summed E-state index contributed by atoms with van der Waals surface area (Å²) in [5.74, 6) is 0.496. The number of nitrogens with zero attached hydrogens (tertiary/aromatic N) is 2. The van der Waals surface area contributed by atoms with Gasteiger partial charge in [-0.15, -0.1) is 0 Å². The summed E-state index contributed by atoms with van der Waals surface area (Å²) in [4.78, 5) is 18.2. The van der Waals surface area contributed by atoms with Crippen molar-refractivity contribution < 1.29 is 9.53 Å². The van der Waals surface area contributed by atoms with Crippen LogP contribution in [0.4, 0.5) is 5.82 Å². The molecular weight excluding hydrogens is 252 g/mol. The van der Waals surface area contributed by atoms with Gasteiger partial charge >= 0.3 is 5.97 Å². The van der Waals surface area contributed by atoms with E-state index in [-0.39, 0.29) is 12.0 Å². The molecule has 0 radical (unpaired) electrons. The number of carbonyl (C=O) groups excluding carboxylic acids is 1. The number of aromatic nitrogens is 1. The van der Waals surface area contributed by atoms with Crippen molar-refractivity contribution in [3.05, 3.63) is 23.4 Å². The number of anilines is 1. The van der Waals surface area contributed by atoms with Gasteiger partial charge in [0.25, 0.3) is 0 Å². The first-order valence-corrected chi connectivity index (χ1v) is 6.65. The maximum Gasteiger partial charge on any atom is 0.328 e. The lowest BCUT2D eigenvalue weighted by molar-refractivity contribution is -0.145. The van der Waals surface area contributed by atoms with E-state index in [1.165, 1.54) is 0 Å². The normalized spacial score (nSPS) is 19.7. The van der Waals surface area contributed by atoms with Gasteiger partial charge in [0.15, 0.2) is 0 Å². The molecule has 5 heteroatoms.